The van der Waals surface area contributed by atoms with Crippen LogP contribution in [0, 0.1) is 10.1 Å². The summed E-state index contributed by atoms with van der Waals surface area (Å²) in [5.74, 6) is 0.451. The number of nitro groups is 1. The third-order valence-corrected chi connectivity index (χ3v) is 2.66. The highest BCUT2D eigenvalue weighted by atomic mass is 79.9. The second-order valence-electron chi connectivity index (χ2n) is 3.09. The number of aromatic nitrogens is 1. The topological polar surface area (TPSA) is 56.0 Å². The van der Waals surface area contributed by atoms with E-state index in [1.165, 1.54) is 6.20 Å². The molecule has 68 valence electrons. The summed E-state index contributed by atoms with van der Waals surface area (Å²) in [5.41, 5.74) is 0.951. The van der Waals surface area contributed by atoms with Gasteiger partial charge in [-0.3, -0.25) is 15.1 Å². The molecule has 1 fully saturated rings. The molecule has 5 heteroatoms. The van der Waals surface area contributed by atoms with Gasteiger partial charge >= 0.3 is 0 Å². The van der Waals surface area contributed by atoms with Gasteiger partial charge in [0.2, 0.25) is 0 Å². The fraction of sp³-hybridized carbons (Fsp3) is 0.375. The van der Waals surface area contributed by atoms with Gasteiger partial charge in [-0.25, -0.2) is 0 Å². The first kappa shape index (κ1) is 8.62. The Bertz CT molecular complexity index is 363. The molecular formula is C8H7BrN2O2. The van der Waals surface area contributed by atoms with Crippen LogP contribution in [0.2, 0.25) is 0 Å². The second kappa shape index (κ2) is 3.06. The van der Waals surface area contributed by atoms with E-state index in [9.17, 15) is 10.1 Å². The van der Waals surface area contributed by atoms with Gasteiger partial charge in [-0.15, -0.1) is 0 Å². The van der Waals surface area contributed by atoms with Crippen molar-refractivity contribution in [1.29, 1.82) is 0 Å². The lowest BCUT2D eigenvalue weighted by molar-refractivity contribution is -0.385. The van der Waals surface area contributed by atoms with Crippen LogP contribution in [0.1, 0.15) is 24.5 Å². The molecular weight excluding hydrogens is 236 g/mol. The molecule has 1 aromatic heterocycles. The van der Waals surface area contributed by atoms with Crippen molar-refractivity contribution in [2.75, 3.05) is 0 Å². The van der Waals surface area contributed by atoms with E-state index in [1.807, 2.05) is 0 Å². The predicted octanol–water partition coefficient (Wildman–Crippen LogP) is 2.63. The van der Waals surface area contributed by atoms with Gasteiger partial charge in [0.1, 0.15) is 4.47 Å². The molecule has 4 nitrogen and oxygen atoms in total. The highest BCUT2D eigenvalue weighted by Gasteiger charge is 2.27. The third-order valence-electron chi connectivity index (χ3n) is 2.05. The van der Waals surface area contributed by atoms with Crippen molar-refractivity contribution >= 4 is 21.6 Å². The van der Waals surface area contributed by atoms with Crippen LogP contribution in [0.3, 0.4) is 0 Å². The van der Waals surface area contributed by atoms with Gasteiger partial charge in [0.25, 0.3) is 5.69 Å². The fourth-order valence-corrected chi connectivity index (χ4v) is 1.55. The van der Waals surface area contributed by atoms with Gasteiger partial charge in [-0.2, -0.15) is 0 Å². The van der Waals surface area contributed by atoms with Crippen molar-refractivity contribution < 1.29 is 4.92 Å². The lowest BCUT2D eigenvalue weighted by atomic mass is 10.2. The minimum Gasteiger partial charge on any atom is -0.259 e. The van der Waals surface area contributed by atoms with E-state index in [0.29, 0.717) is 10.4 Å². The number of rotatable bonds is 2. The van der Waals surface area contributed by atoms with Crippen molar-refractivity contribution in [2.45, 2.75) is 18.8 Å². The molecule has 1 saturated carbocycles. The van der Waals surface area contributed by atoms with E-state index in [1.54, 1.807) is 6.07 Å². The summed E-state index contributed by atoms with van der Waals surface area (Å²) in [7, 11) is 0. The Kier molecular flexibility index (Phi) is 2.03. The van der Waals surface area contributed by atoms with E-state index in [-0.39, 0.29) is 5.69 Å². The maximum Gasteiger partial charge on any atom is 0.286 e. The first-order valence-electron chi connectivity index (χ1n) is 3.98. The molecule has 0 atom stereocenters. The molecule has 13 heavy (non-hydrogen) atoms. The van der Waals surface area contributed by atoms with Crippen LogP contribution < -0.4 is 0 Å². The van der Waals surface area contributed by atoms with Crippen molar-refractivity contribution in [3.8, 4) is 0 Å². The first-order valence-corrected chi connectivity index (χ1v) is 4.77. The molecule has 1 aliphatic rings. The maximum atomic E-state index is 10.6. The summed E-state index contributed by atoms with van der Waals surface area (Å²) >= 11 is 3.10. The van der Waals surface area contributed by atoms with E-state index >= 15 is 0 Å². The minimum absolute atomic E-state index is 0.108. The van der Waals surface area contributed by atoms with Gasteiger partial charge < -0.3 is 0 Å². The number of hydrogen-bond acceptors (Lipinski definition) is 3. The Hall–Kier alpha value is -0.970. The number of halogens is 1. The Morgan fingerprint density at radius 2 is 2.31 bits per heavy atom. The zero-order valence-electron chi connectivity index (χ0n) is 6.74. The molecule has 1 aliphatic carbocycles. The number of nitrogens with zero attached hydrogens (tertiary/aromatic N) is 2. The van der Waals surface area contributed by atoms with Crippen LogP contribution in [-0.4, -0.2) is 9.91 Å². The van der Waals surface area contributed by atoms with E-state index < -0.39 is 4.92 Å². The maximum absolute atomic E-state index is 10.6. The summed E-state index contributed by atoms with van der Waals surface area (Å²) in [6.45, 7) is 0. The lowest BCUT2D eigenvalue weighted by Crippen LogP contribution is -1.93. The predicted molar refractivity (Wildman–Crippen MR) is 50.6 cm³/mol. The lowest BCUT2D eigenvalue weighted by Gasteiger charge is -1.98. The van der Waals surface area contributed by atoms with Crippen molar-refractivity contribution in [2.24, 2.45) is 0 Å². The van der Waals surface area contributed by atoms with E-state index in [4.69, 9.17) is 0 Å². The molecule has 1 heterocycles. The summed E-state index contributed by atoms with van der Waals surface area (Å²) in [6.07, 6.45) is 3.71. The molecule has 0 unspecified atom stereocenters. The molecule has 0 aliphatic heterocycles. The van der Waals surface area contributed by atoms with Gasteiger partial charge in [-0.1, -0.05) is 0 Å². The van der Waals surface area contributed by atoms with Crippen molar-refractivity contribution in [3.05, 3.63) is 32.5 Å². The Morgan fingerprint density at radius 3 is 2.85 bits per heavy atom. The van der Waals surface area contributed by atoms with Crippen LogP contribution in [-0.2, 0) is 0 Å². The Labute approximate surface area is 83.3 Å². The molecule has 1 aromatic rings. The summed E-state index contributed by atoms with van der Waals surface area (Å²) in [4.78, 5) is 14.3. The zero-order valence-corrected chi connectivity index (χ0v) is 8.32. The minimum atomic E-state index is -0.391. The van der Waals surface area contributed by atoms with Crippen LogP contribution >= 0.6 is 15.9 Å². The fourth-order valence-electron chi connectivity index (χ4n) is 1.19. The smallest absolute Gasteiger partial charge is 0.259 e. The number of pyridine rings is 1. The first-order chi connectivity index (χ1) is 6.18. The van der Waals surface area contributed by atoms with Gasteiger partial charge in [-0.05, 0) is 28.8 Å². The van der Waals surface area contributed by atoms with Crippen molar-refractivity contribution in [3.63, 3.8) is 0 Å². The monoisotopic (exact) mass is 242 g/mol. The standard InChI is InChI=1S/C8H7BrN2O2/c9-6-4-10-7(5-1-2-5)3-8(6)11(12)13/h3-5H,1-2H2. The average molecular weight is 243 g/mol. The van der Waals surface area contributed by atoms with Gasteiger partial charge in [0.15, 0.2) is 0 Å². The largest absolute Gasteiger partial charge is 0.286 e. The van der Waals surface area contributed by atoms with Gasteiger partial charge in [0.05, 0.1) is 10.6 Å². The van der Waals surface area contributed by atoms with Crippen LogP contribution in [0.15, 0.2) is 16.7 Å². The van der Waals surface area contributed by atoms with Crippen LogP contribution in [0.5, 0.6) is 0 Å². The van der Waals surface area contributed by atoms with E-state index in [2.05, 4.69) is 20.9 Å². The molecule has 0 saturated heterocycles. The molecule has 0 bridgehead atoms. The molecule has 0 amide bonds. The van der Waals surface area contributed by atoms with Crippen molar-refractivity contribution in [1.82, 2.24) is 4.98 Å². The molecule has 0 aromatic carbocycles. The third kappa shape index (κ3) is 1.70. The Balaban J connectivity index is 2.41. The number of hydrogen-bond donors (Lipinski definition) is 0. The van der Waals surface area contributed by atoms with Crippen LogP contribution in [0.25, 0.3) is 0 Å². The quantitative estimate of drug-likeness (QED) is 0.592. The molecule has 0 radical (unpaired) electrons. The second-order valence-corrected chi connectivity index (χ2v) is 3.95. The summed E-state index contributed by atoms with van der Waals surface area (Å²) < 4.78 is 0.446. The Morgan fingerprint density at radius 1 is 1.62 bits per heavy atom. The van der Waals surface area contributed by atoms with Gasteiger partial charge in [0, 0.05) is 18.2 Å². The highest BCUT2D eigenvalue weighted by molar-refractivity contribution is 9.10. The summed E-state index contributed by atoms with van der Waals surface area (Å²) in [6, 6.07) is 1.56. The molecule has 0 spiro atoms. The van der Waals surface area contributed by atoms with E-state index in [0.717, 1.165) is 18.5 Å². The SMILES string of the molecule is O=[N+]([O-])c1cc(C2CC2)ncc1Br. The highest BCUT2D eigenvalue weighted by Crippen LogP contribution is 2.40. The normalized spacial score (nSPS) is 15.8. The molecule has 2 rings (SSSR count). The van der Waals surface area contributed by atoms with Crippen LogP contribution in [0.4, 0.5) is 5.69 Å². The summed E-state index contributed by atoms with van der Waals surface area (Å²) in [5, 5.41) is 10.6. The average Bonchev–Trinajstić information content (AvgIpc) is 2.87. The molecule has 0 N–H and O–H groups in total. The zero-order chi connectivity index (χ0) is 9.42.